The summed E-state index contributed by atoms with van der Waals surface area (Å²) >= 11 is 3.55. The van der Waals surface area contributed by atoms with E-state index in [0.29, 0.717) is 25.5 Å². The fourth-order valence-corrected chi connectivity index (χ4v) is 3.37. The fraction of sp³-hybridized carbons (Fsp3) is 0.500. The molecular weight excluding hydrogens is 386 g/mol. The second kappa shape index (κ2) is 9.10. The van der Waals surface area contributed by atoms with Crippen LogP contribution in [0.15, 0.2) is 16.6 Å². The summed E-state index contributed by atoms with van der Waals surface area (Å²) in [5.74, 6) is 1.45. The molecule has 1 N–H and O–H groups in total. The zero-order valence-corrected chi connectivity index (χ0v) is 17.1. The average Bonchev–Trinajstić information content (AvgIpc) is 2.85. The highest BCUT2D eigenvalue weighted by atomic mass is 79.9. The summed E-state index contributed by atoms with van der Waals surface area (Å²) in [4.78, 5) is 0. The summed E-state index contributed by atoms with van der Waals surface area (Å²) in [7, 11) is 3.34. The van der Waals surface area contributed by atoms with Gasteiger partial charge < -0.3 is 19.5 Å². The molecule has 0 aliphatic rings. The van der Waals surface area contributed by atoms with E-state index in [2.05, 4.69) is 33.3 Å². The number of nitrogens with one attached hydrogen (secondary N) is 1. The Labute approximate surface area is 157 Å². The van der Waals surface area contributed by atoms with Gasteiger partial charge in [-0.15, -0.1) is 0 Å². The first-order chi connectivity index (χ1) is 12.0. The lowest BCUT2D eigenvalue weighted by atomic mass is 10.2. The van der Waals surface area contributed by atoms with E-state index in [-0.39, 0.29) is 0 Å². The molecule has 0 aliphatic heterocycles. The first-order valence-corrected chi connectivity index (χ1v) is 9.07. The minimum Gasteiger partial charge on any atom is -0.492 e. The van der Waals surface area contributed by atoms with Crippen molar-refractivity contribution in [2.45, 2.75) is 33.9 Å². The molecule has 7 heteroatoms. The molecule has 0 radical (unpaired) electrons. The van der Waals surface area contributed by atoms with Gasteiger partial charge in [0.25, 0.3) is 0 Å². The molecule has 2 rings (SSSR count). The van der Waals surface area contributed by atoms with E-state index in [1.54, 1.807) is 14.2 Å². The molecule has 0 unspecified atom stereocenters. The average molecular weight is 412 g/mol. The van der Waals surface area contributed by atoms with Crippen molar-refractivity contribution in [2.24, 2.45) is 0 Å². The molecular formula is C18H26BrN3O3. The number of benzene rings is 1. The van der Waals surface area contributed by atoms with Gasteiger partial charge in [-0.2, -0.15) is 5.10 Å². The second-order valence-electron chi connectivity index (χ2n) is 5.66. The van der Waals surface area contributed by atoms with Crippen molar-refractivity contribution in [3.8, 4) is 11.5 Å². The zero-order chi connectivity index (χ0) is 18.4. The van der Waals surface area contributed by atoms with Gasteiger partial charge in [0.2, 0.25) is 0 Å². The summed E-state index contributed by atoms with van der Waals surface area (Å²) in [5.41, 5.74) is 4.24. The second-order valence-corrected chi connectivity index (χ2v) is 6.51. The number of halogens is 1. The van der Waals surface area contributed by atoms with Crippen LogP contribution in [-0.4, -0.2) is 37.2 Å². The number of hydrogen-bond donors (Lipinski definition) is 1. The number of aryl methyl sites for hydroxylation is 1. The number of ether oxygens (including phenoxy) is 3. The Morgan fingerprint density at radius 2 is 2.00 bits per heavy atom. The van der Waals surface area contributed by atoms with Gasteiger partial charge in [-0.25, -0.2) is 0 Å². The molecule has 1 aromatic heterocycles. The molecule has 0 fully saturated rings. The molecule has 138 valence electrons. The molecule has 0 aliphatic carbocycles. The van der Waals surface area contributed by atoms with Gasteiger partial charge >= 0.3 is 0 Å². The van der Waals surface area contributed by atoms with Crippen molar-refractivity contribution >= 4 is 21.6 Å². The van der Waals surface area contributed by atoms with Crippen molar-refractivity contribution in [1.29, 1.82) is 0 Å². The van der Waals surface area contributed by atoms with Gasteiger partial charge in [-0.05, 0) is 54.4 Å². The highest BCUT2D eigenvalue weighted by Gasteiger charge is 2.14. The Balaban J connectivity index is 2.17. The van der Waals surface area contributed by atoms with Crippen molar-refractivity contribution in [3.63, 3.8) is 0 Å². The molecule has 0 amide bonds. The van der Waals surface area contributed by atoms with E-state index in [4.69, 9.17) is 14.2 Å². The minimum absolute atomic E-state index is 0.587. The predicted molar refractivity (Wildman–Crippen MR) is 103 cm³/mol. The van der Waals surface area contributed by atoms with Crippen molar-refractivity contribution < 1.29 is 14.2 Å². The maximum atomic E-state index is 5.68. The summed E-state index contributed by atoms with van der Waals surface area (Å²) in [6.07, 6.45) is 0. The van der Waals surface area contributed by atoms with Crippen molar-refractivity contribution in [3.05, 3.63) is 33.6 Å². The van der Waals surface area contributed by atoms with Crippen LogP contribution >= 0.6 is 15.9 Å². The molecule has 1 aromatic carbocycles. The SMILES string of the molecule is CCOc1cc(CNc2c(C)nn(CCOC)c2C)cc(Br)c1OC. The molecule has 0 bridgehead atoms. The van der Waals surface area contributed by atoms with Crippen LogP contribution in [0.2, 0.25) is 0 Å². The Bertz CT molecular complexity index is 716. The monoisotopic (exact) mass is 411 g/mol. The van der Waals surface area contributed by atoms with Crippen LogP contribution in [-0.2, 0) is 17.8 Å². The molecule has 2 aromatic rings. The van der Waals surface area contributed by atoms with Crippen molar-refractivity contribution in [2.75, 3.05) is 32.8 Å². The van der Waals surface area contributed by atoms with Gasteiger partial charge in [0.15, 0.2) is 11.5 Å². The van der Waals surface area contributed by atoms with E-state index in [0.717, 1.165) is 39.4 Å². The lowest BCUT2D eigenvalue weighted by molar-refractivity contribution is 0.182. The molecule has 0 atom stereocenters. The smallest absolute Gasteiger partial charge is 0.174 e. The van der Waals surface area contributed by atoms with Crippen LogP contribution in [0.3, 0.4) is 0 Å². The Kier molecular flexibility index (Phi) is 7.13. The maximum Gasteiger partial charge on any atom is 0.174 e. The third-order valence-corrected chi connectivity index (χ3v) is 4.52. The summed E-state index contributed by atoms with van der Waals surface area (Å²) in [5, 5.41) is 8.06. The lowest BCUT2D eigenvalue weighted by Crippen LogP contribution is -2.08. The molecule has 0 saturated heterocycles. The predicted octanol–water partition coefficient (Wildman–Crippen LogP) is 3.93. The quantitative estimate of drug-likeness (QED) is 0.677. The van der Waals surface area contributed by atoms with E-state index in [1.165, 1.54) is 0 Å². The minimum atomic E-state index is 0.587. The number of hydrogen-bond acceptors (Lipinski definition) is 5. The topological polar surface area (TPSA) is 57.5 Å². The van der Waals surface area contributed by atoms with E-state index in [9.17, 15) is 0 Å². The summed E-state index contributed by atoms with van der Waals surface area (Å²) in [6, 6.07) is 4.04. The highest BCUT2D eigenvalue weighted by molar-refractivity contribution is 9.10. The third kappa shape index (κ3) is 4.67. The largest absolute Gasteiger partial charge is 0.492 e. The third-order valence-electron chi connectivity index (χ3n) is 3.93. The van der Waals surface area contributed by atoms with Crippen LogP contribution < -0.4 is 14.8 Å². The first-order valence-electron chi connectivity index (χ1n) is 8.27. The van der Waals surface area contributed by atoms with Gasteiger partial charge in [-0.1, -0.05) is 0 Å². The van der Waals surface area contributed by atoms with Crippen LogP contribution in [0, 0.1) is 13.8 Å². The summed E-state index contributed by atoms with van der Waals surface area (Å²) < 4.78 is 19.1. The number of methoxy groups -OCH3 is 2. The number of rotatable bonds is 9. The first kappa shape index (κ1) is 19.6. The Morgan fingerprint density at radius 1 is 1.24 bits per heavy atom. The van der Waals surface area contributed by atoms with E-state index < -0.39 is 0 Å². The molecule has 0 saturated carbocycles. The van der Waals surface area contributed by atoms with Gasteiger partial charge in [0, 0.05) is 13.7 Å². The normalized spacial score (nSPS) is 10.8. The van der Waals surface area contributed by atoms with Crippen LogP contribution in [0.4, 0.5) is 5.69 Å². The fourth-order valence-electron chi connectivity index (χ4n) is 2.72. The van der Waals surface area contributed by atoms with E-state index in [1.807, 2.05) is 30.7 Å². The van der Waals surface area contributed by atoms with Crippen LogP contribution in [0.1, 0.15) is 23.9 Å². The number of anilines is 1. The number of aromatic nitrogens is 2. The van der Waals surface area contributed by atoms with Gasteiger partial charge in [0.05, 0.1) is 48.4 Å². The van der Waals surface area contributed by atoms with Crippen LogP contribution in [0.5, 0.6) is 11.5 Å². The van der Waals surface area contributed by atoms with Crippen LogP contribution in [0.25, 0.3) is 0 Å². The Hall–Kier alpha value is -1.73. The standard InChI is InChI=1S/C18H26BrN3O3/c1-6-25-16-10-14(9-15(19)18(16)24-5)11-20-17-12(2)21-22(13(17)3)7-8-23-4/h9-10,20H,6-8,11H2,1-5H3. The summed E-state index contributed by atoms with van der Waals surface area (Å²) in [6.45, 7) is 8.67. The molecule has 0 spiro atoms. The lowest BCUT2D eigenvalue weighted by Gasteiger charge is -2.14. The molecule has 1 heterocycles. The zero-order valence-electron chi connectivity index (χ0n) is 15.5. The van der Waals surface area contributed by atoms with Gasteiger partial charge in [-0.3, -0.25) is 4.68 Å². The van der Waals surface area contributed by atoms with E-state index >= 15 is 0 Å². The maximum absolute atomic E-state index is 5.68. The van der Waals surface area contributed by atoms with Gasteiger partial charge in [0.1, 0.15) is 0 Å². The van der Waals surface area contributed by atoms with Crippen molar-refractivity contribution in [1.82, 2.24) is 9.78 Å². The molecule has 6 nitrogen and oxygen atoms in total. The number of nitrogens with zero attached hydrogens (tertiary/aromatic N) is 2. The Morgan fingerprint density at radius 3 is 2.64 bits per heavy atom. The highest BCUT2D eigenvalue weighted by Crippen LogP contribution is 2.36. The molecule has 25 heavy (non-hydrogen) atoms.